The lowest BCUT2D eigenvalue weighted by atomic mass is 9.67. The van der Waals surface area contributed by atoms with Crippen molar-refractivity contribution in [2.75, 3.05) is 0 Å². The third-order valence-electron chi connectivity index (χ3n) is 14.2. The van der Waals surface area contributed by atoms with Gasteiger partial charge in [0.2, 0.25) is 0 Å². The highest BCUT2D eigenvalue weighted by molar-refractivity contribution is 7.99. The quantitative estimate of drug-likeness (QED) is 0.150. The van der Waals surface area contributed by atoms with Crippen molar-refractivity contribution in [1.82, 2.24) is 29.9 Å². The summed E-state index contributed by atoms with van der Waals surface area (Å²) in [5.41, 5.74) is 16.4. The second-order valence-corrected chi connectivity index (χ2v) is 19.7. The molecule has 1 unspecified atom stereocenters. The highest BCUT2D eigenvalue weighted by atomic mass is 32.2. The second kappa shape index (κ2) is 18.0. The molecule has 0 saturated carbocycles. The second-order valence-electron chi connectivity index (χ2n) is 18.6. The Morgan fingerprint density at radius 2 is 0.622 bits per heavy atom. The molecule has 14 rings (SSSR count). The van der Waals surface area contributed by atoms with Gasteiger partial charge in [0, 0.05) is 43.2 Å². The van der Waals surface area contributed by atoms with E-state index in [9.17, 15) is 0 Å². The van der Waals surface area contributed by atoms with E-state index in [0.717, 1.165) is 71.7 Å². The van der Waals surface area contributed by atoms with Crippen molar-refractivity contribution in [3.05, 3.63) is 277 Å². The zero-order chi connectivity index (χ0) is 49.0. The summed E-state index contributed by atoms with van der Waals surface area (Å²) in [5, 5.41) is 0. The average molecular weight is 963 g/mol. The van der Waals surface area contributed by atoms with Gasteiger partial charge in [-0.05, 0) is 86.0 Å². The van der Waals surface area contributed by atoms with Crippen molar-refractivity contribution in [1.29, 1.82) is 0 Å². The molecule has 10 aromatic carbocycles. The first-order valence-corrected chi connectivity index (χ1v) is 25.6. The minimum absolute atomic E-state index is 0.601. The van der Waals surface area contributed by atoms with Gasteiger partial charge in [0.05, 0.1) is 5.41 Å². The molecule has 0 radical (unpaired) electrons. The number of rotatable bonds is 8. The predicted octanol–water partition coefficient (Wildman–Crippen LogP) is 16.2. The first kappa shape index (κ1) is 43.4. The molecule has 2 aliphatic rings. The van der Waals surface area contributed by atoms with Crippen LogP contribution in [0.1, 0.15) is 22.3 Å². The topological polar surface area (TPSA) is 77.3 Å². The van der Waals surface area contributed by atoms with Crippen LogP contribution in [-0.4, -0.2) is 29.9 Å². The number of nitrogens with zero attached hydrogens (tertiary/aromatic N) is 6. The molecular weight excluding hydrogens is 921 g/mol. The van der Waals surface area contributed by atoms with E-state index in [0.29, 0.717) is 34.9 Å². The van der Waals surface area contributed by atoms with E-state index in [2.05, 4.69) is 200 Å². The lowest BCUT2D eigenvalue weighted by Crippen LogP contribution is -2.32. The first-order chi connectivity index (χ1) is 36.7. The van der Waals surface area contributed by atoms with Gasteiger partial charge in [0.25, 0.3) is 0 Å². The largest absolute Gasteiger partial charge is 0.208 e. The molecule has 0 bridgehead atoms. The molecule has 0 fully saturated rings. The Morgan fingerprint density at radius 1 is 0.230 bits per heavy atom. The normalized spacial score (nSPS) is 13.9. The van der Waals surface area contributed by atoms with Gasteiger partial charge < -0.3 is 0 Å². The Labute approximate surface area is 433 Å². The Kier molecular flexibility index (Phi) is 10.6. The van der Waals surface area contributed by atoms with Crippen molar-refractivity contribution in [2.24, 2.45) is 0 Å². The molecule has 74 heavy (non-hydrogen) atoms. The van der Waals surface area contributed by atoms with Gasteiger partial charge in [0.15, 0.2) is 34.9 Å². The number of fused-ring (bicyclic) bond motifs is 9. The van der Waals surface area contributed by atoms with Crippen LogP contribution < -0.4 is 0 Å². The summed E-state index contributed by atoms with van der Waals surface area (Å²) in [4.78, 5) is 33.8. The van der Waals surface area contributed by atoms with Crippen LogP contribution in [-0.2, 0) is 5.41 Å². The van der Waals surface area contributed by atoms with Crippen molar-refractivity contribution in [3.8, 4) is 102 Å². The van der Waals surface area contributed by atoms with Crippen LogP contribution in [0.4, 0.5) is 0 Å². The van der Waals surface area contributed by atoms with Crippen LogP contribution in [0.5, 0.6) is 0 Å². The summed E-state index contributed by atoms with van der Waals surface area (Å²) in [5.74, 6) is 3.70. The van der Waals surface area contributed by atoms with Gasteiger partial charge in [-0.3, -0.25) is 0 Å². The average Bonchev–Trinajstić information content (AvgIpc) is 3.87. The van der Waals surface area contributed by atoms with E-state index >= 15 is 0 Å². The zero-order valence-electron chi connectivity index (χ0n) is 39.8. The SMILES string of the molecule is c1ccc(-c2cc(-c3ccccc3)cc(-c3nc(-c4ccccc4)nc(-c4ccc5c(c4)Sc4ccccc4C54c5ccccc5-c5c(-c6nc(-c7ccccc7)nc(-c7ccccc7)n6)cccc54)n3)c2)cc1. The molecule has 346 valence electrons. The zero-order valence-corrected chi connectivity index (χ0v) is 40.7. The lowest BCUT2D eigenvalue weighted by molar-refractivity contribution is 0.722. The number of aromatic nitrogens is 6. The fourth-order valence-electron chi connectivity index (χ4n) is 10.9. The van der Waals surface area contributed by atoms with Gasteiger partial charge in [-0.25, -0.2) is 29.9 Å². The predicted molar refractivity (Wildman–Crippen MR) is 298 cm³/mol. The molecule has 6 nitrogen and oxygen atoms in total. The summed E-state index contributed by atoms with van der Waals surface area (Å²) in [6.45, 7) is 0. The smallest absolute Gasteiger partial charge is 0.164 e. The Balaban J connectivity index is 0.964. The van der Waals surface area contributed by atoms with E-state index in [1.165, 1.54) is 27.1 Å². The fraction of sp³-hybridized carbons (Fsp3) is 0.0149. The van der Waals surface area contributed by atoms with Gasteiger partial charge >= 0.3 is 0 Å². The summed E-state index contributed by atoms with van der Waals surface area (Å²) in [6, 6.07) is 89.4. The molecule has 7 heteroatoms. The monoisotopic (exact) mass is 962 g/mol. The fourth-order valence-corrected chi connectivity index (χ4v) is 12.1. The summed E-state index contributed by atoms with van der Waals surface area (Å²) in [7, 11) is 0. The van der Waals surface area contributed by atoms with Crippen LogP contribution in [0.2, 0.25) is 0 Å². The number of hydrogen-bond acceptors (Lipinski definition) is 7. The molecule has 2 aromatic heterocycles. The maximum atomic E-state index is 5.38. The Bertz CT molecular complexity index is 3980. The summed E-state index contributed by atoms with van der Waals surface area (Å²) in [6.07, 6.45) is 0. The molecule has 1 aliphatic carbocycles. The van der Waals surface area contributed by atoms with Gasteiger partial charge in [-0.2, -0.15) is 0 Å². The van der Waals surface area contributed by atoms with Crippen LogP contribution in [0, 0.1) is 0 Å². The van der Waals surface area contributed by atoms with Crippen LogP contribution in [0.25, 0.3) is 102 Å². The summed E-state index contributed by atoms with van der Waals surface area (Å²) < 4.78 is 0. The molecule has 1 aliphatic heterocycles. The van der Waals surface area contributed by atoms with E-state index in [1.54, 1.807) is 11.8 Å². The first-order valence-electron chi connectivity index (χ1n) is 24.8. The van der Waals surface area contributed by atoms with Gasteiger partial charge in [-0.1, -0.05) is 236 Å². The van der Waals surface area contributed by atoms with Crippen LogP contribution >= 0.6 is 11.8 Å². The minimum Gasteiger partial charge on any atom is -0.208 e. The highest BCUT2D eigenvalue weighted by Gasteiger charge is 2.51. The minimum atomic E-state index is -0.666. The lowest BCUT2D eigenvalue weighted by Gasteiger charge is -2.39. The number of benzene rings is 10. The molecule has 3 heterocycles. The Hall–Kier alpha value is -9.43. The van der Waals surface area contributed by atoms with Gasteiger partial charge in [-0.15, -0.1) is 0 Å². The molecular formula is C67H42N6S. The third kappa shape index (κ3) is 7.36. The molecule has 1 spiro atoms. The molecule has 1 atom stereocenters. The highest BCUT2D eigenvalue weighted by Crippen LogP contribution is 2.63. The van der Waals surface area contributed by atoms with E-state index < -0.39 is 5.41 Å². The van der Waals surface area contributed by atoms with Crippen molar-refractivity contribution in [3.63, 3.8) is 0 Å². The van der Waals surface area contributed by atoms with E-state index in [1.807, 2.05) is 54.6 Å². The molecule has 0 saturated heterocycles. The molecule has 12 aromatic rings. The van der Waals surface area contributed by atoms with E-state index in [4.69, 9.17) is 29.9 Å². The van der Waals surface area contributed by atoms with E-state index in [-0.39, 0.29) is 0 Å². The van der Waals surface area contributed by atoms with Crippen LogP contribution in [0.3, 0.4) is 0 Å². The van der Waals surface area contributed by atoms with Crippen molar-refractivity contribution in [2.45, 2.75) is 15.2 Å². The van der Waals surface area contributed by atoms with Crippen molar-refractivity contribution < 1.29 is 0 Å². The third-order valence-corrected chi connectivity index (χ3v) is 15.4. The summed E-state index contributed by atoms with van der Waals surface area (Å²) >= 11 is 1.80. The van der Waals surface area contributed by atoms with Crippen LogP contribution in [0.15, 0.2) is 265 Å². The van der Waals surface area contributed by atoms with Gasteiger partial charge in [0.1, 0.15) is 0 Å². The maximum absolute atomic E-state index is 5.38. The van der Waals surface area contributed by atoms with Crippen molar-refractivity contribution >= 4 is 11.8 Å². The standard InChI is InChI=1S/C67H42N6S/c1-6-21-43(22-7-1)49-39-50(44-23-8-2-9-24-44)41-51(40-49)65-70-61(45-25-10-3-11-26-45)69-64(71-65)48-37-38-56-59(42-48)74-58-36-19-18-34-55(58)67(56)54-33-17-16-31-52(54)60-53(32-20-35-57(60)67)66-72-62(46-27-12-4-13-28-46)68-63(73-66)47-29-14-5-15-30-47/h1-42H. The maximum Gasteiger partial charge on any atom is 0.164 e. The Morgan fingerprint density at radius 3 is 1.18 bits per heavy atom. The molecule has 0 amide bonds. The molecule has 0 N–H and O–H groups in total. The number of hydrogen-bond donors (Lipinski definition) is 0.